The number of esters is 2. The molecule has 16 heavy (non-hydrogen) atoms. The number of carbonyl (C=O) groups is 2. The van der Waals surface area contributed by atoms with Gasteiger partial charge in [0.05, 0.1) is 14.2 Å². The molecule has 4 nitrogen and oxygen atoms in total. The Kier molecular flexibility index (Phi) is 5.78. The minimum atomic E-state index is -1.30. The van der Waals surface area contributed by atoms with Gasteiger partial charge in [0, 0.05) is 5.92 Å². The first-order valence-corrected chi connectivity index (χ1v) is 5.28. The zero-order valence-electron chi connectivity index (χ0n) is 10.4. The Balaban J connectivity index is 5.26. The van der Waals surface area contributed by atoms with Crippen molar-refractivity contribution in [1.82, 2.24) is 0 Å². The average Bonchev–Trinajstić information content (AvgIpc) is 2.32. The first kappa shape index (κ1) is 14.7. The molecule has 1 atom stereocenters. The Morgan fingerprint density at radius 2 is 1.75 bits per heavy atom. The summed E-state index contributed by atoms with van der Waals surface area (Å²) in [5.41, 5.74) is -1.30. The largest absolute Gasteiger partial charge is 0.468 e. The van der Waals surface area contributed by atoms with E-state index in [1.807, 2.05) is 6.92 Å². The maximum Gasteiger partial charge on any atom is 0.323 e. The smallest absolute Gasteiger partial charge is 0.323 e. The van der Waals surface area contributed by atoms with Gasteiger partial charge in [-0.2, -0.15) is 0 Å². The van der Waals surface area contributed by atoms with E-state index in [2.05, 4.69) is 16.1 Å². The molecule has 0 aromatic rings. The molecule has 4 heteroatoms. The van der Waals surface area contributed by atoms with Crippen LogP contribution in [0.25, 0.3) is 0 Å². The van der Waals surface area contributed by atoms with Crippen molar-refractivity contribution >= 4 is 11.9 Å². The Morgan fingerprint density at radius 3 is 2.00 bits per heavy atom. The molecule has 0 aromatic heterocycles. The highest BCUT2D eigenvalue weighted by Gasteiger charge is 2.48. The van der Waals surface area contributed by atoms with Crippen LogP contribution >= 0.6 is 0 Å². The fourth-order valence-corrected chi connectivity index (χ4v) is 1.76. The monoisotopic (exact) mass is 228 g/mol. The lowest BCUT2D eigenvalue weighted by Crippen LogP contribution is -2.44. The molecule has 0 saturated carbocycles. The van der Waals surface area contributed by atoms with E-state index in [-0.39, 0.29) is 5.92 Å². The van der Waals surface area contributed by atoms with Crippen LogP contribution in [0.15, 0.2) is 12.7 Å². The molecule has 0 bridgehead atoms. The maximum absolute atomic E-state index is 11.7. The van der Waals surface area contributed by atoms with Gasteiger partial charge in [-0.25, -0.2) is 0 Å². The molecule has 0 aliphatic carbocycles. The Hall–Kier alpha value is -1.32. The molecule has 0 saturated heterocycles. The van der Waals surface area contributed by atoms with Gasteiger partial charge in [0.25, 0.3) is 0 Å². The van der Waals surface area contributed by atoms with Gasteiger partial charge in [0.1, 0.15) is 0 Å². The third-order valence-corrected chi connectivity index (χ3v) is 2.84. The summed E-state index contributed by atoms with van der Waals surface area (Å²) in [7, 11) is 2.52. The van der Waals surface area contributed by atoms with Crippen molar-refractivity contribution in [2.75, 3.05) is 14.2 Å². The zero-order chi connectivity index (χ0) is 12.8. The normalized spacial score (nSPS) is 12.8. The quantitative estimate of drug-likeness (QED) is 0.396. The lowest BCUT2D eigenvalue weighted by molar-refractivity contribution is -0.171. The molecule has 0 amide bonds. The number of carbonyl (C=O) groups excluding carboxylic acids is 2. The maximum atomic E-state index is 11.7. The van der Waals surface area contributed by atoms with Crippen LogP contribution in [-0.2, 0) is 19.1 Å². The highest BCUT2D eigenvalue weighted by molar-refractivity contribution is 6.00. The molecular formula is C12H20O4. The molecule has 0 rings (SSSR count). The Labute approximate surface area is 96.6 Å². The summed E-state index contributed by atoms with van der Waals surface area (Å²) in [6.07, 6.45) is 3.14. The average molecular weight is 228 g/mol. The summed E-state index contributed by atoms with van der Waals surface area (Å²) in [4.78, 5) is 23.5. The molecule has 1 unspecified atom stereocenters. The van der Waals surface area contributed by atoms with Gasteiger partial charge in [-0.3, -0.25) is 9.59 Å². The van der Waals surface area contributed by atoms with Crippen LogP contribution in [0.4, 0.5) is 0 Å². The van der Waals surface area contributed by atoms with E-state index in [4.69, 9.17) is 0 Å². The molecule has 0 aliphatic rings. The van der Waals surface area contributed by atoms with Crippen LogP contribution in [0.5, 0.6) is 0 Å². The van der Waals surface area contributed by atoms with Crippen LogP contribution in [-0.4, -0.2) is 26.2 Å². The van der Waals surface area contributed by atoms with Crippen molar-refractivity contribution in [3.05, 3.63) is 12.7 Å². The van der Waals surface area contributed by atoms with Crippen molar-refractivity contribution in [2.45, 2.75) is 26.7 Å². The van der Waals surface area contributed by atoms with Crippen molar-refractivity contribution < 1.29 is 19.1 Å². The molecular weight excluding hydrogens is 208 g/mol. The summed E-state index contributed by atoms with van der Waals surface area (Å²) < 4.78 is 9.36. The highest BCUT2D eigenvalue weighted by Crippen LogP contribution is 2.34. The van der Waals surface area contributed by atoms with Crippen LogP contribution in [0, 0.1) is 11.3 Å². The molecule has 0 aromatic carbocycles. The third kappa shape index (κ3) is 2.62. The molecule has 0 heterocycles. The van der Waals surface area contributed by atoms with Crippen LogP contribution < -0.4 is 0 Å². The number of rotatable bonds is 6. The zero-order valence-corrected chi connectivity index (χ0v) is 10.4. The van der Waals surface area contributed by atoms with Gasteiger partial charge >= 0.3 is 11.9 Å². The second-order valence-corrected chi connectivity index (χ2v) is 3.82. The minimum absolute atomic E-state index is 0.280. The number of ether oxygens (including phenoxy) is 2. The standard InChI is InChI=1S/C12H20O4/c1-6-8-9(7-2)12(3,10(13)15-4)11(14)16-5/h7,9H,2,6,8H2,1,3-5H3. The van der Waals surface area contributed by atoms with Crippen molar-refractivity contribution in [2.24, 2.45) is 11.3 Å². The Morgan fingerprint density at radius 1 is 1.31 bits per heavy atom. The van der Waals surface area contributed by atoms with Crippen LogP contribution in [0.2, 0.25) is 0 Å². The van der Waals surface area contributed by atoms with Gasteiger partial charge < -0.3 is 9.47 Å². The first-order chi connectivity index (χ1) is 7.48. The van der Waals surface area contributed by atoms with Crippen molar-refractivity contribution in [1.29, 1.82) is 0 Å². The van der Waals surface area contributed by atoms with Gasteiger partial charge in [0.2, 0.25) is 0 Å². The summed E-state index contributed by atoms with van der Waals surface area (Å²) in [5.74, 6) is -1.45. The summed E-state index contributed by atoms with van der Waals surface area (Å²) >= 11 is 0. The number of hydrogen-bond acceptors (Lipinski definition) is 4. The molecule has 0 aliphatic heterocycles. The predicted molar refractivity (Wildman–Crippen MR) is 60.7 cm³/mol. The minimum Gasteiger partial charge on any atom is -0.468 e. The number of methoxy groups -OCH3 is 2. The fraction of sp³-hybridized carbons (Fsp3) is 0.667. The number of allylic oxidation sites excluding steroid dienone is 1. The van der Waals surface area contributed by atoms with E-state index in [9.17, 15) is 9.59 Å². The molecule has 0 N–H and O–H groups in total. The van der Waals surface area contributed by atoms with Crippen molar-refractivity contribution in [3.8, 4) is 0 Å². The molecule has 0 spiro atoms. The second-order valence-electron chi connectivity index (χ2n) is 3.82. The van der Waals surface area contributed by atoms with E-state index in [1.54, 1.807) is 6.08 Å². The lowest BCUT2D eigenvalue weighted by Gasteiger charge is -2.30. The lowest BCUT2D eigenvalue weighted by atomic mass is 9.74. The second kappa shape index (κ2) is 6.30. The number of hydrogen-bond donors (Lipinski definition) is 0. The van der Waals surface area contributed by atoms with Crippen LogP contribution in [0.1, 0.15) is 26.7 Å². The first-order valence-electron chi connectivity index (χ1n) is 5.28. The van der Waals surface area contributed by atoms with Gasteiger partial charge in [-0.15, -0.1) is 6.58 Å². The van der Waals surface area contributed by atoms with Gasteiger partial charge in [-0.1, -0.05) is 19.4 Å². The third-order valence-electron chi connectivity index (χ3n) is 2.84. The van der Waals surface area contributed by atoms with Gasteiger partial charge in [0.15, 0.2) is 5.41 Å². The topological polar surface area (TPSA) is 52.6 Å². The molecule has 0 radical (unpaired) electrons. The molecule has 92 valence electrons. The van der Waals surface area contributed by atoms with Crippen molar-refractivity contribution in [3.63, 3.8) is 0 Å². The Bertz CT molecular complexity index is 254. The summed E-state index contributed by atoms with van der Waals surface area (Å²) in [6, 6.07) is 0. The van der Waals surface area contributed by atoms with E-state index in [1.165, 1.54) is 21.1 Å². The van der Waals surface area contributed by atoms with E-state index >= 15 is 0 Å². The fourth-order valence-electron chi connectivity index (χ4n) is 1.76. The predicted octanol–water partition coefficient (Wildman–Crippen LogP) is 1.94. The van der Waals surface area contributed by atoms with E-state index in [0.717, 1.165) is 6.42 Å². The SMILES string of the molecule is C=CC(CCC)C(C)(C(=O)OC)C(=O)OC. The highest BCUT2D eigenvalue weighted by atomic mass is 16.5. The summed E-state index contributed by atoms with van der Waals surface area (Å²) in [6.45, 7) is 7.18. The summed E-state index contributed by atoms with van der Waals surface area (Å²) in [5, 5.41) is 0. The van der Waals surface area contributed by atoms with E-state index < -0.39 is 17.4 Å². The van der Waals surface area contributed by atoms with E-state index in [0.29, 0.717) is 6.42 Å². The molecule has 0 fully saturated rings. The van der Waals surface area contributed by atoms with Gasteiger partial charge in [-0.05, 0) is 13.3 Å². The van der Waals surface area contributed by atoms with Crippen LogP contribution in [0.3, 0.4) is 0 Å².